The smallest absolute Gasteiger partial charge is 0.244 e. The van der Waals surface area contributed by atoms with Crippen LogP contribution in [0, 0.1) is 11.7 Å². The van der Waals surface area contributed by atoms with Crippen LogP contribution in [-0.2, 0) is 31.4 Å². The molecule has 2 aromatic carbocycles. The summed E-state index contributed by atoms with van der Waals surface area (Å²) in [6.45, 7) is 7.64. The summed E-state index contributed by atoms with van der Waals surface area (Å²) in [5, 5.41) is 2.65. The van der Waals surface area contributed by atoms with Crippen LogP contribution in [0.2, 0.25) is 0 Å². The van der Waals surface area contributed by atoms with Crippen molar-refractivity contribution in [2.24, 2.45) is 5.92 Å². The number of amides is 1. The number of halogens is 1. The summed E-state index contributed by atoms with van der Waals surface area (Å²) in [5.41, 5.74) is 0.640. The van der Waals surface area contributed by atoms with Gasteiger partial charge in [-0.25, -0.2) is 21.2 Å². The normalized spacial score (nSPS) is 13.3. The molecule has 0 saturated carbocycles. The quantitative estimate of drug-likeness (QED) is 0.493. The van der Waals surface area contributed by atoms with E-state index in [9.17, 15) is 26.0 Å². The minimum atomic E-state index is -4.26. The maximum atomic E-state index is 14.0. The molecule has 1 amide bonds. The first-order valence-electron chi connectivity index (χ1n) is 10.6. The molecule has 0 heterocycles. The van der Waals surface area contributed by atoms with E-state index in [1.807, 2.05) is 0 Å². The summed E-state index contributed by atoms with van der Waals surface area (Å²) in [6, 6.07) is 9.91. The molecule has 0 radical (unpaired) electrons. The van der Waals surface area contributed by atoms with Crippen LogP contribution in [0.15, 0.2) is 58.3 Å². The van der Waals surface area contributed by atoms with Crippen LogP contribution in [-0.4, -0.2) is 46.2 Å². The molecule has 0 unspecified atom stereocenters. The zero-order chi connectivity index (χ0) is 24.8. The van der Waals surface area contributed by atoms with Crippen molar-refractivity contribution in [2.75, 3.05) is 13.1 Å². The minimum absolute atomic E-state index is 0.0646. The zero-order valence-electron chi connectivity index (χ0n) is 19.1. The molecule has 0 fully saturated rings. The molecular formula is C22H30FN3O5S2. The fourth-order valence-corrected chi connectivity index (χ4v) is 6.06. The summed E-state index contributed by atoms with van der Waals surface area (Å²) < 4.78 is 67.9. The first-order chi connectivity index (χ1) is 15.4. The van der Waals surface area contributed by atoms with E-state index in [0.29, 0.717) is 18.7 Å². The Labute approximate surface area is 195 Å². The minimum Gasteiger partial charge on any atom is -0.351 e. The van der Waals surface area contributed by atoms with Gasteiger partial charge in [0.15, 0.2) is 0 Å². The van der Waals surface area contributed by atoms with Gasteiger partial charge in [0, 0.05) is 19.6 Å². The summed E-state index contributed by atoms with van der Waals surface area (Å²) >= 11 is 0. The van der Waals surface area contributed by atoms with E-state index in [1.54, 1.807) is 39.8 Å². The molecule has 0 bridgehead atoms. The van der Waals surface area contributed by atoms with Crippen molar-refractivity contribution in [3.05, 3.63) is 59.9 Å². The van der Waals surface area contributed by atoms with Gasteiger partial charge in [-0.1, -0.05) is 52.0 Å². The van der Waals surface area contributed by atoms with Crippen molar-refractivity contribution in [1.29, 1.82) is 0 Å². The number of carbonyl (C=O) groups excluding carboxylic acids is 1. The lowest BCUT2D eigenvalue weighted by Crippen LogP contribution is -2.49. The summed E-state index contributed by atoms with van der Waals surface area (Å²) in [4.78, 5) is 12.3. The summed E-state index contributed by atoms with van der Waals surface area (Å²) in [5.74, 6) is -1.90. The number of hydrogen-bond donors (Lipinski definition) is 2. The molecule has 0 aliphatic rings. The third kappa shape index (κ3) is 6.59. The lowest BCUT2D eigenvalue weighted by atomic mass is 10.0. The van der Waals surface area contributed by atoms with E-state index in [4.69, 9.17) is 0 Å². The van der Waals surface area contributed by atoms with Crippen molar-refractivity contribution in [3.8, 4) is 0 Å². The van der Waals surface area contributed by atoms with Crippen LogP contribution in [0.3, 0.4) is 0 Å². The number of nitrogens with one attached hydrogen (secondary N) is 2. The van der Waals surface area contributed by atoms with Crippen LogP contribution in [0.25, 0.3) is 0 Å². The molecule has 0 saturated heterocycles. The monoisotopic (exact) mass is 499 g/mol. The molecule has 1 atom stereocenters. The molecular weight excluding hydrogens is 469 g/mol. The van der Waals surface area contributed by atoms with Crippen molar-refractivity contribution in [1.82, 2.24) is 14.3 Å². The van der Waals surface area contributed by atoms with Crippen LogP contribution in [0.1, 0.15) is 33.3 Å². The van der Waals surface area contributed by atoms with Crippen LogP contribution < -0.4 is 10.0 Å². The van der Waals surface area contributed by atoms with E-state index >= 15 is 0 Å². The van der Waals surface area contributed by atoms with Gasteiger partial charge in [0.2, 0.25) is 26.0 Å². The fourth-order valence-electron chi connectivity index (χ4n) is 3.18. The average Bonchev–Trinajstić information content (AvgIpc) is 2.76. The first-order valence-corrected chi connectivity index (χ1v) is 13.5. The molecule has 0 aliphatic carbocycles. The lowest BCUT2D eigenvalue weighted by molar-refractivity contribution is -0.123. The van der Waals surface area contributed by atoms with Gasteiger partial charge in [-0.3, -0.25) is 4.79 Å². The Hall–Kier alpha value is -2.34. The van der Waals surface area contributed by atoms with Crippen LogP contribution >= 0.6 is 0 Å². The van der Waals surface area contributed by atoms with Gasteiger partial charge in [-0.15, -0.1) is 0 Å². The van der Waals surface area contributed by atoms with Crippen LogP contribution in [0.5, 0.6) is 0 Å². The van der Waals surface area contributed by atoms with Crippen molar-refractivity contribution in [2.45, 2.75) is 50.1 Å². The molecule has 0 aromatic heterocycles. The summed E-state index contributed by atoms with van der Waals surface area (Å²) in [7, 11) is -7.84. The zero-order valence-corrected chi connectivity index (χ0v) is 20.7. The highest BCUT2D eigenvalue weighted by atomic mass is 32.2. The number of sulfonamides is 2. The molecule has 8 nitrogen and oxygen atoms in total. The maximum absolute atomic E-state index is 14.0. The molecule has 33 heavy (non-hydrogen) atoms. The largest absolute Gasteiger partial charge is 0.351 e. The third-order valence-electron chi connectivity index (χ3n) is 5.09. The lowest BCUT2D eigenvalue weighted by Gasteiger charge is -2.22. The molecule has 11 heteroatoms. The van der Waals surface area contributed by atoms with E-state index in [0.717, 1.165) is 12.1 Å². The number of nitrogens with zero attached hydrogens (tertiary/aromatic N) is 1. The third-order valence-corrected chi connectivity index (χ3v) is 8.63. The SMILES string of the molecule is CCN(CC)S(=O)(=O)c1ccc(CNC(=O)[C@@H](NS(=O)(=O)c2ccccc2F)C(C)C)cc1. The van der Waals surface area contributed by atoms with Gasteiger partial charge in [0.1, 0.15) is 16.8 Å². The van der Waals surface area contributed by atoms with Gasteiger partial charge in [-0.2, -0.15) is 9.03 Å². The van der Waals surface area contributed by atoms with Gasteiger partial charge >= 0.3 is 0 Å². The Morgan fingerprint density at radius 3 is 2.06 bits per heavy atom. The van der Waals surface area contributed by atoms with Crippen LogP contribution in [0.4, 0.5) is 4.39 Å². The highest BCUT2D eigenvalue weighted by Crippen LogP contribution is 2.17. The maximum Gasteiger partial charge on any atom is 0.244 e. The average molecular weight is 500 g/mol. The predicted molar refractivity (Wildman–Crippen MR) is 124 cm³/mol. The van der Waals surface area contributed by atoms with E-state index < -0.39 is 48.6 Å². The molecule has 2 rings (SSSR count). The van der Waals surface area contributed by atoms with Crippen molar-refractivity contribution >= 4 is 26.0 Å². The van der Waals surface area contributed by atoms with Gasteiger partial charge in [0.25, 0.3) is 0 Å². The van der Waals surface area contributed by atoms with E-state index in [2.05, 4.69) is 10.0 Å². The second-order valence-corrected chi connectivity index (χ2v) is 11.3. The van der Waals surface area contributed by atoms with Gasteiger partial charge in [-0.05, 0) is 35.7 Å². The topological polar surface area (TPSA) is 113 Å². The van der Waals surface area contributed by atoms with E-state index in [-0.39, 0.29) is 11.4 Å². The number of rotatable bonds is 11. The van der Waals surface area contributed by atoms with Crippen molar-refractivity contribution < 1.29 is 26.0 Å². The van der Waals surface area contributed by atoms with Gasteiger partial charge in [0.05, 0.1) is 4.90 Å². The number of hydrogen-bond acceptors (Lipinski definition) is 5. The Morgan fingerprint density at radius 2 is 1.55 bits per heavy atom. The predicted octanol–water partition coefficient (Wildman–Crippen LogP) is 2.48. The highest BCUT2D eigenvalue weighted by molar-refractivity contribution is 7.89. The molecule has 0 aliphatic heterocycles. The number of carbonyl (C=O) groups is 1. The van der Waals surface area contributed by atoms with Gasteiger partial charge < -0.3 is 5.32 Å². The highest BCUT2D eigenvalue weighted by Gasteiger charge is 2.29. The first kappa shape index (κ1) is 26.9. The molecule has 2 aromatic rings. The Morgan fingerprint density at radius 1 is 0.970 bits per heavy atom. The second-order valence-electron chi connectivity index (χ2n) is 7.72. The van der Waals surface area contributed by atoms with E-state index in [1.165, 1.54) is 28.6 Å². The molecule has 0 spiro atoms. The standard InChI is InChI=1S/C22H30FN3O5S2/c1-5-26(6-2)33(30,31)18-13-11-17(12-14-18)15-24-22(27)21(16(3)4)25-32(28,29)20-10-8-7-9-19(20)23/h7-14,16,21,25H,5-6,15H2,1-4H3,(H,24,27)/t21-/m0/s1. The Balaban J connectivity index is 2.11. The Bertz CT molecular complexity index is 1160. The molecule has 2 N–H and O–H groups in total. The van der Waals surface area contributed by atoms with Crippen molar-refractivity contribution in [3.63, 3.8) is 0 Å². The fraction of sp³-hybridized carbons (Fsp3) is 0.409. The number of benzene rings is 2. The summed E-state index contributed by atoms with van der Waals surface area (Å²) in [6.07, 6.45) is 0. The molecule has 182 valence electrons. The second kappa shape index (κ2) is 11.2. The Kier molecular flexibility index (Phi) is 9.12.